The van der Waals surface area contributed by atoms with Gasteiger partial charge in [0.25, 0.3) is 10.0 Å². The van der Waals surface area contributed by atoms with Crippen LogP contribution in [0.1, 0.15) is 44.6 Å². The molecule has 1 fully saturated rings. The molecule has 0 aliphatic heterocycles. The molecule has 0 aromatic heterocycles. The second-order valence-electron chi connectivity index (χ2n) is 10.1. The molecule has 1 aliphatic carbocycles. The number of ether oxygens (including phenoxy) is 1. The Labute approximate surface area is 241 Å². The third-order valence-corrected chi connectivity index (χ3v) is 9.09. The Balaban J connectivity index is 1.70. The van der Waals surface area contributed by atoms with Crippen LogP contribution >= 0.6 is 0 Å². The highest BCUT2D eigenvalue weighted by atomic mass is 32.2. The zero-order valence-electron chi connectivity index (χ0n) is 23.3. The van der Waals surface area contributed by atoms with Crippen molar-refractivity contribution in [3.05, 3.63) is 90.2 Å². The van der Waals surface area contributed by atoms with Gasteiger partial charge in [0, 0.05) is 12.6 Å². The fourth-order valence-corrected chi connectivity index (χ4v) is 6.53. The van der Waals surface area contributed by atoms with E-state index in [0.29, 0.717) is 12.2 Å². The summed E-state index contributed by atoms with van der Waals surface area (Å²) >= 11 is 0. The number of hydrogen-bond donors (Lipinski definition) is 1. The zero-order valence-corrected chi connectivity index (χ0v) is 24.1. The molecular weight excluding hydrogens is 545 g/mol. The topological polar surface area (TPSA) is 96.0 Å². The van der Waals surface area contributed by atoms with Gasteiger partial charge in [0.15, 0.2) is 0 Å². The Morgan fingerprint density at radius 2 is 1.68 bits per heavy atom. The zero-order chi connectivity index (χ0) is 29.4. The summed E-state index contributed by atoms with van der Waals surface area (Å²) in [5.74, 6) is -0.781. The summed E-state index contributed by atoms with van der Waals surface area (Å²) in [4.78, 5) is 28.9. The van der Waals surface area contributed by atoms with E-state index in [9.17, 15) is 22.4 Å². The number of rotatable bonds is 12. The number of para-hydroxylation sites is 1. The van der Waals surface area contributed by atoms with Gasteiger partial charge in [0.05, 0.1) is 17.7 Å². The van der Waals surface area contributed by atoms with Crippen LogP contribution in [0.4, 0.5) is 10.1 Å². The van der Waals surface area contributed by atoms with E-state index in [0.717, 1.165) is 47.7 Å². The van der Waals surface area contributed by atoms with Gasteiger partial charge in [-0.2, -0.15) is 0 Å². The smallest absolute Gasteiger partial charge is 0.264 e. The largest absolute Gasteiger partial charge is 0.497 e. The van der Waals surface area contributed by atoms with Crippen LogP contribution in [0.2, 0.25) is 0 Å². The van der Waals surface area contributed by atoms with Crippen molar-refractivity contribution in [1.82, 2.24) is 10.2 Å². The van der Waals surface area contributed by atoms with Crippen LogP contribution < -0.4 is 14.4 Å². The molecule has 0 saturated heterocycles. The summed E-state index contributed by atoms with van der Waals surface area (Å²) in [5.41, 5.74) is 1.01. The molecule has 3 aromatic rings. The first-order valence-corrected chi connectivity index (χ1v) is 15.2. The van der Waals surface area contributed by atoms with Crippen LogP contribution in [0.15, 0.2) is 83.8 Å². The van der Waals surface area contributed by atoms with E-state index in [-0.39, 0.29) is 29.1 Å². The molecular formula is C31H36FN3O5S. The molecule has 1 aliphatic rings. The van der Waals surface area contributed by atoms with E-state index in [1.165, 1.54) is 17.0 Å². The SMILES string of the molecule is CCC(C(=O)NC1CCCC1)N(Cc1cccc(OC)c1)C(=O)CN(c1ccccc1)S(=O)(=O)c1ccc(F)cc1. The van der Waals surface area contributed by atoms with E-state index in [4.69, 9.17) is 4.74 Å². The number of carbonyl (C=O) groups excluding carboxylic acids is 2. The van der Waals surface area contributed by atoms with Crippen LogP contribution in [0.5, 0.6) is 5.75 Å². The van der Waals surface area contributed by atoms with E-state index < -0.39 is 34.3 Å². The summed E-state index contributed by atoms with van der Waals surface area (Å²) in [6, 6.07) is 19.2. The summed E-state index contributed by atoms with van der Waals surface area (Å²) in [7, 11) is -2.71. The van der Waals surface area contributed by atoms with Crippen LogP contribution in [0.25, 0.3) is 0 Å². The fraction of sp³-hybridized carbons (Fsp3) is 0.355. The molecule has 0 radical (unpaired) electrons. The van der Waals surface area contributed by atoms with Gasteiger partial charge in [0.1, 0.15) is 24.2 Å². The Morgan fingerprint density at radius 3 is 2.32 bits per heavy atom. The van der Waals surface area contributed by atoms with Gasteiger partial charge in [-0.15, -0.1) is 0 Å². The lowest BCUT2D eigenvalue weighted by molar-refractivity contribution is -0.140. The van der Waals surface area contributed by atoms with Gasteiger partial charge in [0.2, 0.25) is 11.8 Å². The third kappa shape index (κ3) is 7.43. The van der Waals surface area contributed by atoms with Crippen molar-refractivity contribution in [1.29, 1.82) is 0 Å². The highest BCUT2D eigenvalue weighted by molar-refractivity contribution is 7.92. The van der Waals surface area contributed by atoms with Crippen molar-refractivity contribution in [2.45, 2.75) is 62.6 Å². The molecule has 2 amide bonds. The summed E-state index contributed by atoms with van der Waals surface area (Å²) < 4.78 is 47.5. The number of amides is 2. The molecule has 4 rings (SSSR count). The number of halogens is 1. The second kappa shape index (κ2) is 13.6. The first-order chi connectivity index (χ1) is 19.7. The fourth-order valence-electron chi connectivity index (χ4n) is 5.11. The minimum absolute atomic E-state index is 0.0602. The highest BCUT2D eigenvalue weighted by Gasteiger charge is 2.34. The second-order valence-corrected chi connectivity index (χ2v) is 12.0. The number of benzene rings is 3. The van der Waals surface area contributed by atoms with Crippen LogP contribution in [-0.2, 0) is 26.2 Å². The van der Waals surface area contributed by atoms with Crippen molar-refractivity contribution in [3.63, 3.8) is 0 Å². The maximum absolute atomic E-state index is 14.1. The van der Waals surface area contributed by atoms with Gasteiger partial charge >= 0.3 is 0 Å². The predicted molar refractivity (Wildman–Crippen MR) is 155 cm³/mol. The molecule has 1 unspecified atom stereocenters. The van der Waals surface area contributed by atoms with Gasteiger partial charge in [-0.25, -0.2) is 12.8 Å². The summed E-state index contributed by atoms with van der Waals surface area (Å²) in [6.07, 6.45) is 4.21. The maximum atomic E-state index is 14.1. The molecule has 0 heterocycles. The van der Waals surface area contributed by atoms with Crippen LogP contribution in [-0.4, -0.2) is 50.9 Å². The lowest BCUT2D eigenvalue weighted by Crippen LogP contribution is -2.53. The molecule has 1 N–H and O–H groups in total. The van der Waals surface area contributed by atoms with Gasteiger partial charge in [-0.05, 0) is 73.4 Å². The third-order valence-electron chi connectivity index (χ3n) is 7.30. The molecule has 218 valence electrons. The van der Waals surface area contributed by atoms with Crippen LogP contribution in [0, 0.1) is 5.82 Å². The summed E-state index contributed by atoms with van der Waals surface area (Å²) in [5, 5.41) is 3.10. The Morgan fingerprint density at radius 1 is 1.00 bits per heavy atom. The minimum Gasteiger partial charge on any atom is -0.497 e. The first-order valence-electron chi connectivity index (χ1n) is 13.8. The Bertz CT molecular complexity index is 1430. The van der Waals surface area contributed by atoms with E-state index >= 15 is 0 Å². The Kier molecular flexibility index (Phi) is 9.99. The lowest BCUT2D eigenvalue weighted by Gasteiger charge is -2.33. The molecule has 1 saturated carbocycles. The monoisotopic (exact) mass is 581 g/mol. The van der Waals surface area contributed by atoms with E-state index in [1.54, 1.807) is 55.6 Å². The van der Waals surface area contributed by atoms with Gasteiger partial charge in [-0.3, -0.25) is 13.9 Å². The number of anilines is 1. The standard InChI is InChI=1S/C31H36FN3O5S/c1-3-29(31(37)33-25-11-7-8-12-25)34(21-23-10-9-15-27(20-23)40-2)30(36)22-35(26-13-5-4-6-14-26)41(38,39)28-18-16-24(32)17-19-28/h4-6,9-10,13-20,25,29H,3,7-8,11-12,21-22H2,1-2H3,(H,33,37). The maximum Gasteiger partial charge on any atom is 0.264 e. The molecule has 0 bridgehead atoms. The van der Waals surface area contributed by atoms with Crippen molar-refractivity contribution in [3.8, 4) is 5.75 Å². The number of methoxy groups -OCH3 is 1. The van der Waals surface area contributed by atoms with Crippen LogP contribution in [0.3, 0.4) is 0 Å². The molecule has 10 heteroatoms. The van der Waals surface area contributed by atoms with E-state index in [2.05, 4.69) is 5.32 Å². The molecule has 3 aromatic carbocycles. The Hall–Kier alpha value is -3.92. The first kappa shape index (κ1) is 30.0. The average Bonchev–Trinajstić information content (AvgIpc) is 3.49. The predicted octanol–water partition coefficient (Wildman–Crippen LogP) is 4.90. The van der Waals surface area contributed by atoms with E-state index in [1.807, 2.05) is 13.0 Å². The van der Waals surface area contributed by atoms with Gasteiger partial charge in [-0.1, -0.05) is 50.1 Å². The van der Waals surface area contributed by atoms with Crippen molar-refractivity contribution in [2.24, 2.45) is 0 Å². The molecule has 41 heavy (non-hydrogen) atoms. The van der Waals surface area contributed by atoms with Crippen molar-refractivity contribution in [2.75, 3.05) is 18.0 Å². The highest BCUT2D eigenvalue weighted by Crippen LogP contribution is 2.26. The summed E-state index contributed by atoms with van der Waals surface area (Å²) in [6.45, 7) is 1.35. The molecule has 8 nitrogen and oxygen atoms in total. The lowest BCUT2D eigenvalue weighted by atomic mass is 10.1. The minimum atomic E-state index is -4.26. The van der Waals surface area contributed by atoms with Gasteiger partial charge < -0.3 is 15.0 Å². The number of nitrogens with zero attached hydrogens (tertiary/aromatic N) is 2. The quantitative estimate of drug-likeness (QED) is 0.329. The number of carbonyl (C=O) groups is 2. The number of nitrogens with one attached hydrogen (secondary N) is 1. The molecule has 0 spiro atoms. The average molecular weight is 582 g/mol. The number of hydrogen-bond acceptors (Lipinski definition) is 5. The number of sulfonamides is 1. The van der Waals surface area contributed by atoms with Crippen molar-refractivity contribution >= 4 is 27.5 Å². The van der Waals surface area contributed by atoms with Crippen molar-refractivity contribution < 1.29 is 27.1 Å². The normalized spacial score (nSPS) is 14.3. The molecule has 1 atom stereocenters.